The summed E-state index contributed by atoms with van der Waals surface area (Å²) in [6.45, 7) is 4.03. The van der Waals surface area contributed by atoms with E-state index in [1.807, 2.05) is 23.7 Å². The van der Waals surface area contributed by atoms with Crippen molar-refractivity contribution in [1.29, 1.82) is 0 Å². The maximum atomic E-state index is 12.7. The SMILES string of the molecule is CCCCCCn1nc(NC(=O)c2cnsc2)c2cc(Cl)c(-c3ccc(OC(=O)NCCN(C)C)cc3)nc21. The Balaban J connectivity index is 1.58. The summed E-state index contributed by atoms with van der Waals surface area (Å²) in [4.78, 5) is 31.6. The monoisotopic (exact) mass is 569 g/mol. The quantitative estimate of drug-likeness (QED) is 0.211. The van der Waals surface area contributed by atoms with Crippen molar-refractivity contribution in [2.45, 2.75) is 39.2 Å². The number of pyridine rings is 1. The Morgan fingerprint density at radius 3 is 2.64 bits per heavy atom. The van der Waals surface area contributed by atoms with Gasteiger partial charge in [0.1, 0.15) is 5.75 Å². The van der Waals surface area contributed by atoms with E-state index in [1.165, 1.54) is 17.7 Å². The topological polar surface area (TPSA) is 114 Å². The van der Waals surface area contributed by atoms with E-state index in [2.05, 4.69) is 27.0 Å². The maximum absolute atomic E-state index is 12.7. The van der Waals surface area contributed by atoms with Gasteiger partial charge in [0.05, 0.1) is 27.9 Å². The smallest absolute Gasteiger partial charge is 0.410 e. The molecule has 206 valence electrons. The van der Waals surface area contributed by atoms with Crippen LogP contribution in [0.15, 0.2) is 41.9 Å². The van der Waals surface area contributed by atoms with Crippen LogP contribution >= 0.6 is 23.1 Å². The number of carbonyl (C=O) groups excluding carboxylic acids is 2. The van der Waals surface area contributed by atoms with Crippen LogP contribution in [-0.4, -0.2) is 63.2 Å². The van der Waals surface area contributed by atoms with E-state index in [0.29, 0.717) is 58.5 Å². The number of aromatic nitrogens is 4. The number of carbonyl (C=O) groups is 2. The highest BCUT2D eigenvalue weighted by Crippen LogP contribution is 2.33. The minimum atomic E-state index is -0.512. The number of hydrogen-bond acceptors (Lipinski definition) is 8. The molecule has 3 heterocycles. The molecule has 2 N–H and O–H groups in total. The molecule has 39 heavy (non-hydrogen) atoms. The van der Waals surface area contributed by atoms with Crippen LogP contribution in [0.5, 0.6) is 5.75 Å². The number of nitrogens with one attached hydrogen (secondary N) is 2. The first-order valence-electron chi connectivity index (χ1n) is 12.8. The molecule has 0 unspecified atom stereocenters. The molecule has 4 aromatic rings. The number of nitrogens with zero attached hydrogens (tertiary/aromatic N) is 5. The molecular weight excluding hydrogens is 538 g/mol. The Labute approximate surface area is 236 Å². The third-order valence-corrected chi connectivity index (χ3v) is 6.87. The van der Waals surface area contributed by atoms with Crippen molar-refractivity contribution in [2.24, 2.45) is 0 Å². The van der Waals surface area contributed by atoms with Gasteiger partial charge in [-0.05, 0) is 62.4 Å². The van der Waals surface area contributed by atoms with E-state index in [9.17, 15) is 9.59 Å². The Morgan fingerprint density at radius 2 is 1.95 bits per heavy atom. The molecule has 0 aliphatic rings. The summed E-state index contributed by atoms with van der Waals surface area (Å²) in [7, 11) is 3.86. The first-order chi connectivity index (χ1) is 18.9. The molecule has 4 rings (SSSR count). The molecule has 0 aliphatic carbocycles. The lowest BCUT2D eigenvalue weighted by Gasteiger charge is -2.11. The molecule has 10 nitrogen and oxygen atoms in total. The molecule has 0 saturated heterocycles. The van der Waals surface area contributed by atoms with Gasteiger partial charge in [-0.2, -0.15) is 5.10 Å². The molecular formula is C27H32ClN7O3S. The van der Waals surface area contributed by atoms with Crippen molar-refractivity contribution in [3.05, 3.63) is 52.5 Å². The average Bonchev–Trinajstić information content (AvgIpc) is 3.55. The lowest BCUT2D eigenvalue weighted by atomic mass is 10.1. The van der Waals surface area contributed by atoms with E-state index in [1.54, 1.807) is 35.7 Å². The Kier molecular flexibility index (Phi) is 9.85. The molecule has 0 radical (unpaired) electrons. The average molecular weight is 570 g/mol. The van der Waals surface area contributed by atoms with Gasteiger partial charge in [-0.15, -0.1) is 0 Å². The largest absolute Gasteiger partial charge is 0.412 e. The van der Waals surface area contributed by atoms with Gasteiger partial charge in [0.2, 0.25) is 0 Å². The summed E-state index contributed by atoms with van der Waals surface area (Å²) in [5, 5.41) is 13.0. The Morgan fingerprint density at radius 1 is 1.15 bits per heavy atom. The summed E-state index contributed by atoms with van der Waals surface area (Å²) >= 11 is 7.90. The van der Waals surface area contributed by atoms with E-state index < -0.39 is 6.09 Å². The number of fused-ring (bicyclic) bond motifs is 1. The molecule has 0 saturated carbocycles. The number of rotatable bonds is 12. The molecule has 0 aliphatic heterocycles. The maximum Gasteiger partial charge on any atom is 0.412 e. The zero-order chi connectivity index (χ0) is 27.8. The summed E-state index contributed by atoms with van der Waals surface area (Å²) in [6, 6.07) is 8.78. The lowest BCUT2D eigenvalue weighted by Crippen LogP contribution is -2.33. The van der Waals surface area contributed by atoms with E-state index in [0.717, 1.165) is 31.2 Å². The van der Waals surface area contributed by atoms with Crippen LogP contribution in [0.2, 0.25) is 5.02 Å². The standard InChI is InChI=1S/C27H32ClN7O3S/c1-4-5-6-7-13-35-25-21(24(33-35)32-26(36)19-16-30-39-17-19)15-22(28)23(31-25)18-8-10-20(11-9-18)38-27(37)29-12-14-34(2)3/h8-11,15-17H,4-7,12-14H2,1-3H3,(H,29,37)(H,32,33,36). The van der Waals surface area contributed by atoms with Crippen molar-refractivity contribution in [3.63, 3.8) is 0 Å². The van der Waals surface area contributed by atoms with E-state index in [-0.39, 0.29) is 5.91 Å². The number of benzene rings is 1. The van der Waals surface area contributed by atoms with Crippen molar-refractivity contribution in [2.75, 3.05) is 32.5 Å². The Hall–Kier alpha value is -3.54. The fourth-order valence-corrected chi connectivity index (χ4v) is 4.69. The summed E-state index contributed by atoms with van der Waals surface area (Å²) in [5.41, 5.74) is 2.43. The predicted molar refractivity (Wildman–Crippen MR) is 155 cm³/mol. The van der Waals surface area contributed by atoms with Gasteiger partial charge in [0, 0.05) is 30.6 Å². The molecule has 1 aromatic carbocycles. The van der Waals surface area contributed by atoms with Gasteiger partial charge in [0.15, 0.2) is 11.5 Å². The van der Waals surface area contributed by atoms with Gasteiger partial charge < -0.3 is 20.3 Å². The lowest BCUT2D eigenvalue weighted by molar-refractivity contribution is 0.102. The van der Waals surface area contributed by atoms with Crippen LogP contribution in [0, 0.1) is 0 Å². The minimum absolute atomic E-state index is 0.289. The van der Waals surface area contributed by atoms with Crippen LogP contribution in [0.1, 0.15) is 43.0 Å². The molecule has 3 aromatic heterocycles. The second-order valence-corrected chi connectivity index (χ2v) is 10.4. The first-order valence-corrected chi connectivity index (χ1v) is 14.1. The normalized spacial score (nSPS) is 11.2. The fourth-order valence-electron chi connectivity index (χ4n) is 3.91. The molecule has 2 amide bonds. The molecule has 0 spiro atoms. The number of anilines is 1. The third kappa shape index (κ3) is 7.53. The van der Waals surface area contributed by atoms with Crippen LogP contribution in [0.3, 0.4) is 0 Å². The number of amides is 2. The summed E-state index contributed by atoms with van der Waals surface area (Å²) < 4.78 is 11.2. The van der Waals surface area contributed by atoms with Crippen molar-refractivity contribution in [1.82, 2.24) is 29.4 Å². The molecule has 0 bridgehead atoms. The predicted octanol–water partition coefficient (Wildman–Crippen LogP) is 5.69. The van der Waals surface area contributed by atoms with E-state index in [4.69, 9.17) is 21.3 Å². The second-order valence-electron chi connectivity index (χ2n) is 9.33. The third-order valence-electron chi connectivity index (χ3n) is 5.99. The van der Waals surface area contributed by atoms with Gasteiger partial charge in [-0.3, -0.25) is 4.79 Å². The van der Waals surface area contributed by atoms with Crippen LogP contribution in [0.25, 0.3) is 22.3 Å². The van der Waals surface area contributed by atoms with Crippen LogP contribution < -0.4 is 15.4 Å². The van der Waals surface area contributed by atoms with Gasteiger partial charge in [-0.1, -0.05) is 37.8 Å². The number of halogens is 1. The van der Waals surface area contributed by atoms with Crippen LogP contribution in [0.4, 0.5) is 10.6 Å². The Bertz CT molecular complexity index is 1410. The number of aryl methyl sites for hydroxylation is 1. The van der Waals surface area contributed by atoms with Crippen molar-refractivity contribution in [3.8, 4) is 17.0 Å². The summed E-state index contributed by atoms with van der Waals surface area (Å²) in [6.07, 6.45) is 5.29. The highest BCUT2D eigenvalue weighted by atomic mass is 35.5. The zero-order valence-corrected chi connectivity index (χ0v) is 23.8. The second kappa shape index (κ2) is 13.5. The zero-order valence-electron chi connectivity index (χ0n) is 22.2. The first kappa shape index (κ1) is 28.5. The fraction of sp³-hybridized carbons (Fsp3) is 0.370. The number of likely N-dealkylation sites (N-methyl/N-ethyl adjacent to an activating group) is 1. The van der Waals surface area contributed by atoms with Crippen molar-refractivity contribution >= 4 is 52.0 Å². The molecule has 0 fully saturated rings. The minimum Gasteiger partial charge on any atom is -0.410 e. The van der Waals surface area contributed by atoms with Crippen molar-refractivity contribution < 1.29 is 14.3 Å². The highest BCUT2D eigenvalue weighted by Gasteiger charge is 2.19. The summed E-state index contributed by atoms with van der Waals surface area (Å²) in [5.74, 6) is 0.525. The number of hydrogen-bond donors (Lipinski definition) is 2. The van der Waals surface area contributed by atoms with Crippen LogP contribution in [-0.2, 0) is 6.54 Å². The van der Waals surface area contributed by atoms with Gasteiger partial charge in [-0.25, -0.2) is 18.8 Å². The molecule has 0 atom stereocenters. The van der Waals surface area contributed by atoms with E-state index >= 15 is 0 Å². The van der Waals surface area contributed by atoms with Gasteiger partial charge >= 0.3 is 6.09 Å². The number of unbranched alkanes of at least 4 members (excludes halogenated alkanes) is 3. The highest BCUT2D eigenvalue weighted by molar-refractivity contribution is 7.03. The number of ether oxygens (including phenoxy) is 1. The molecule has 12 heteroatoms. The van der Waals surface area contributed by atoms with Gasteiger partial charge in [0.25, 0.3) is 5.91 Å².